The van der Waals surface area contributed by atoms with Gasteiger partial charge in [0.15, 0.2) is 0 Å². The summed E-state index contributed by atoms with van der Waals surface area (Å²) in [6, 6.07) is 11.3. The third-order valence-electron chi connectivity index (χ3n) is 3.14. The molecule has 1 aliphatic rings. The Morgan fingerprint density at radius 2 is 2.06 bits per heavy atom. The average molecular weight is 212 g/mol. The lowest BCUT2D eigenvalue weighted by Crippen LogP contribution is -2.19. The van der Waals surface area contributed by atoms with Crippen molar-refractivity contribution in [2.45, 2.75) is 25.3 Å². The zero-order valence-corrected chi connectivity index (χ0v) is 9.32. The first kappa shape index (κ1) is 9.79. The van der Waals surface area contributed by atoms with Crippen molar-refractivity contribution in [3.63, 3.8) is 0 Å². The molecule has 1 aromatic heterocycles. The van der Waals surface area contributed by atoms with Crippen molar-refractivity contribution in [1.29, 1.82) is 0 Å². The van der Waals surface area contributed by atoms with Crippen molar-refractivity contribution in [2.75, 3.05) is 6.54 Å². The van der Waals surface area contributed by atoms with Gasteiger partial charge in [-0.05, 0) is 43.5 Å². The molecule has 3 rings (SSSR count). The van der Waals surface area contributed by atoms with Gasteiger partial charge in [0, 0.05) is 17.6 Å². The Morgan fingerprint density at radius 3 is 2.94 bits per heavy atom. The van der Waals surface area contributed by atoms with Gasteiger partial charge in [-0.3, -0.25) is 4.98 Å². The number of hydrogen-bond acceptors (Lipinski definition) is 2. The predicted octanol–water partition coefficient (Wildman–Crippen LogP) is 2.53. The minimum Gasteiger partial charge on any atom is -0.314 e. The van der Waals surface area contributed by atoms with Crippen LogP contribution in [0.3, 0.4) is 0 Å². The third kappa shape index (κ3) is 2.07. The van der Waals surface area contributed by atoms with Crippen LogP contribution in [0.4, 0.5) is 0 Å². The minimum atomic E-state index is 0.799. The molecule has 1 aliphatic carbocycles. The van der Waals surface area contributed by atoms with E-state index in [0.29, 0.717) is 0 Å². The summed E-state index contributed by atoms with van der Waals surface area (Å²) in [5.74, 6) is 0. The highest BCUT2D eigenvalue weighted by Gasteiger charge is 2.19. The highest BCUT2D eigenvalue weighted by Crippen LogP contribution is 2.19. The van der Waals surface area contributed by atoms with Crippen LogP contribution in [-0.4, -0.2) is 17.6 Å². The maximum absolute atomic E-state index is 4.38. The van der Waals surface area contributed by atoms with Gasteiger partial charge in [-0.25, -0.2) is 0 Å². The monoisotopic (exact) mass is 212 g/mol. The smallest absolute Gasteiger partial charge is 0.0704 e. The van der Waals surface area contributed by atoms with E-state index < -0.39 is 0 Å². The van der Waals surface area contributed by atoms with Crippen LogP contribution in [0, 0.1) is 0 Å². The largest absolute Gasteiger partial charge is 0.314 e. The number of nitrogens with one attached hydrogen (secondary N) is 1. The third-order valence-corrected chi connectivity index (χ3v) is 3.14. The summed E-state index contributed by atoms with van der Waals surface area (Å²) in [5.41, 5.74) is 2.50. The highest BCUT2D eigenvalue weighted by molar-refractivity contribution is 5.81. The first-order valence-electron chi connectivity index (χ1n) is 5.99. The summed E-state index contributed by atoms with van der Waals surface area (Å²) in [7, 11) is 0. The molecule has 1 N–H and O–H groups in total. The molecule has 82 valence electrons. The normalized spacial score (nSPS) is 15.5. The van der Waals surface area contributed by atoms with E-state index in [2.05, 4.69) is 34.6 Å². The summed E-state index contributed by atoms with van der Waals surface area (Å²) >= 11 is 0. The van der Waals surface area contributed by atoms with Gasteiger partial charge in [0.2, 0.25) is 0 Å². The Labute approximate surface area is 95.7 Å². The Hall–Kier alpha value is -1.41. The van der Waals surface area contributed by atoms with Gasteiger partial charge in [0.25, 0.3) is 0 Å². The second kappa shape index (κ2) is 4.22. The van der Waals surface area contributed by atoms with Crippen LogP contribution in [-0.2, 0) is 6.42 Å². The van der Waals surface area contributed by atoms with Crippen molar-refractivity contribution in [2.24, 2.45) is 0 Å². The minimum absolute atomic E-state index is 0.799. The lowest BCUT2D eigenvalue weighted by Gasteiger charge is -2.06. The quantitative estimate of drug-likeness (QED) is 0.842. The van der Waals surface area contributed by atoms with E-state index in [1.54, 1.807) is 0 Å². The fourth-order valence-corrected chi connectivity index (χ4v) is 2.07. The van der Waals surface area contributed by atoms with Crippen LogP contribution in [0.5, 0.6) is 0 Å². The van der Waals surface area contributed by atoms with E-state index >= 15 is 0 Å². The molecule has 0 aliphatic heterocycles. The lowest BCUT2D eigenvalue weighted by atomic mass is 10.1. The topological polar surface area (TPSA) is 24.9 Å². The lowest BCUT2D eigenvalue weighted by molar-refractivity contribution is 0.683. The molecule has 1 fully saturated rings. The van der Waals surface area contributed by atoms with Crippen molar-refractivity contribution in [1.82, 2.24) is 10.3 Å². The molecule has 1 aromatic carbocycles. The molecule has 0 saturated heterocycles. The van der Waals surface area contributed by atoms with Gasteiger partial charge < -0.3 is 5.32 Å². The number of benzene rings is 1. The van der Waals surface area contributed by atoms with Crippen LogP contribution in [0.2, 0.25) is 0 Å². The molecule has 0 spiro atoms. The van der Waals surface area contributed by atoms with Gasteiger partial charge in [-0.1, -0.05) is 18.2 Å². The molecular weight excluding hydrogens is 196 g/mol. The second-order valence-electron chi connectivity index (χ2n) is 4.47. The molecule has 1 heterocycles. The summed E-state index contributed by atoms with van der Waals surface area (Å²) in [5, 5.41) is 4.84. The molecule has 2 heteroatoms. The zero-order chi connectivity index (χ0) is 10.8. The molecular formula is C14H16N2. The van der Waals surface area contributed by atoms with Crippen LogP contribution in [0.25, 0.3) is 10.9 Å². The molecule has 0 bridgehead atoms. The Morgan fingerprint density at radius 1 is 1.19 bits per heavy atom. The van der Waals surface area contributed by atoms with Gasteiger partial charge in [-0.2, -0.15) is 0 Å². The van der Waals surface area contributed by atoms with Crippen LogP contribution < -0.4 is 5.32 Å². The Bertz CT molecular complexity index is 484. The van der Waals surface area contributed by atoms with Crippen molar-refractivity contribution in [3.8, 4) is 0 Å². The number of fused-ring (bicyclic) bond motifs is 1. The Kier molecular flexibility index (Phi) is 2.58. The second-order valence-corrected chi connectivity index (χ2v) is 4.47. The van der Waals surface area contributed by atoms with Gasteiger partial charge in [0.1, 0.15) is 0 Å². The molecule has 2 nitrogen and oxygen atoms in total. The fourth-order valence-electron chi connectivity index (χ4n) is 2.07. The standard InChI is InChI=1S/C14H16N2/c1-2-4-14-13(3-1)11(8-10-16-14)7-9-15-12-5-6-12/h1-4,8,10,12,15H,5-7,9H2. The maximum Gasteiger partial charge on any atom is 0.0704 e. The highest BCUT2D eigenvalue weighted by atomic mass is 14.9. The van der Waals surface area contributed by atoms with Gasteiger partial charge in [-0.15, -0.1) is 0 Å². The maximum atomic E-state index is 4.38. The van der Waals surface area contributed by atoms with E-state index in [1.165, 1.54) is 23.8 Å². The van der Waals surface area contributed by atoms with Crippen molar-refractivity contribution < 1.29 is 0 Å². The Balaban J connectivity index is 1.79. The van der Waals surface area contributed by atoms with E-state index in [4.69, 9.17) is 0 Å². The number of rotatable bonds is 4. The SMILES string of the molecule is c1ccc2c(CCNC3CC3)ccnc2c1. The van der Waals surface area contributed by atoms with Crippen LogP contribution in [0.15, 0.2) is 36.5 Å². The van der Waals surface area contributed by atoms with Crippen molar-refractivity contribution in [3.05, 3.63) is 42.1 Å². The van der Waals surface area contributed by atoms with E-state index in [1.807, 2.05) is 12.3 Å². The average Bonchev–Trinajstić information content (AvgIpc) is 3.13. The number of pyridine rings is 1. The molecule has 2 aromatic rings. The number of para-hydroxylation sites is 1. The first-order chi connectivity index (χ1) is 7.93. The van der Waals surface area contributed by atoms with Gasteiger partial charge in [0.05, 0.1) is 5.52 Å². The zero-order valence-electron chi connectivity index (χ0n) is 9.32. The van der Waals surface area contributed by atoms with Crippen LogP contribution in [0.1, 0.15) is 18.4 Å². The molecule has 0 unspecified atom stereocenters. The van der Waals surface area contributed by atoms with E-state index in [-0.39, 0.29) is 0 Å². The first-order valence-corrected chi connectivity index (χ1v) is 5.99. The number of hydrogen-bond donors (Lipinski definition) is 1. The van der Waals surface area contributed by atoms with E-state index in [9.17, 15) is 0 Å². The summed E-state index contributed by atoms with van der Waals surface area (Å²) in [6.07, 6.45) is 5.72. The number of aromatic nitrogens is 1. The molecule has 0 amide bonds. The van der Waals surface area contributed by atoms with Gasteiger partial charge >= 0.3 is 0 Å². The van der Waals surface area contributed by atoms with Crippen LogP contribution >= 0.6 is 0 Å². The molecule has 1 saturated carbocycles. The summed E-state index contributed by atoms with van der Waals surface area (Å²) in [6.45, 7) is 1.08. The molecule has 0 atom stereocenters. The molecule has 16 heavy (non-hydrogen) atoms. The molecule has 0 radical (unpaired) electrons. The number of nitrogens with zero attached hydrogens (tertiary/aromatic N) is 1. The summed E-state index contributed by atoms with van der Waals surface area (Å²) in [4.78, 5) is 4.38. The van der Waals surface area contributed by atoms with E-state index in [0.717, 1.165) is 24.5 Å². The fraction of sp³-hybridized carbons (Fsp3) is 0.357. The van der Waals surface area contributed by atoms with Crippen molar-refractivity contribution >= 4 is 10.9 Å². The summed E-state index contributed by atoms with van der Waals surface area (Å²) < 4.78 is 0. The predicted molar refractivity (Wildman–Crippen MR) is 66.5 cm³/mol.